The van der Waals surface area contributed by atoms with Gasteiger partial charge in [-0.15, -0.1) is 10.2 Å². The summed E-state index contributed by atoms with van der Waals surface area (Å²) in [6.07, 6.45) is 0. The quantitative estimate of drug-likeness (QED) is 0.774. The Hall–Kier alpha value is -2.33. The Balaban J connectivity index is 2.09. The number of aromatic nitrogens is 2. The number of thioether (sulfide) groups is 1. The van der Waals surface area contributed by atoms with Gasteiger partial charge in [0.2, 0.25) is 11.8 Å². The average molecular weight is 372 g/mol. The van der Waals surface area contributed by atoms with Gasteiger partial charge < -0.3 is 9.73 Å². The molecule has 2 aromatic rings. The number of rotatable bonds is 6. The van der Waals surface area contributed by atoms with E-state index in [1.807, 2.05) is 39.8 Å². The van der Waals surface area contributed by atoms with E-state index >= 15 is 0 Å². The molecule has 2 atom stereocenters. The number of aryl methyl sites for hydroxylation is 2. The number of benzene rings is 1. The van der Waals surface area contributed by atoms with Crippen LogP contribution in [0.4, 0.5) is 0 Å². The molecule has 0 fully saturated rings. The van der Waals surface area contributed by atoms with Crippen molar-refractivity contribution in [2.45, 2.75) is 57.6 Å². The smallest absolute Gasteiger partial charge is 0.277 e. The van der Waals surface area contributed by atoms with Crippen LogP contribution in [0.1, 0.15) is 38.8 Å². The second-order valence-corrected chi connectivity index (χ2v) is 8.26. The second kappa shape index (κ2) is 7.92. The highest BCUT2D eigenvalue weighted by molar-refractivity contribution is 8.00. The van der Waals surface area contributed by atoms with Gasteiger partial charge in [0.15, 0.2) is 0 Å². The molecule has 0 bridgehead atoms. The number of carbonyl (C=O) groups is 1. The summed E-state index contributed by atoms with van der Waals surface area (Å²) in [5, 5.41) is 20.1. The zero-order valence-corrected chi connectivity index (χ0v) is 16.8. The van der Waals surface area contributed by atoms with E-state index in [1.54, 1.807) is 13.8 Å². The Labute approximate surface area is 158 Å². The van der Waals surface area contributed by atoms with Crippen LogP contribution in [0.2, 0.25) is 0 Å². The molecule has 0 saturated carbocycles. The third kappa shape index (κ3) is 4.64. The van der Waals surface area contributed by atoms with Crippen LogP contribution in [0.3, 0.4) is 0 Å². The summed E-state index contributed by atoms with van der Waals surface area (Å²) in [5.74, 6) is 0.183. The van der Waals surface area contributed by atoms with Crippen LogP contribution in [0, 0.1) is 31.1 Å². The van der Waals surface area contributed by atoms with E-state index in [0.717, 1.165) is 16.7 Å². The molecule has 26 heavy (non-hydrogen) atoms. The normalized spacial score (nSPS) is 14.5. The van der Waals surface area contributed by atoms with Crippen LogP contribution in [-0.4, -0.2) is 26.9 Å². The van der Waals surface area contributed by atoms with Gasteiger partial charge in [-0.3, -0.25) is 4.79 Å². The number of hydrogen-bond donors (Lipinski definition) is 1. The Morgan fingerprint density at radius 1 is 1.23 bits per heavy atom. The van der Waals surface area contributed by atoms with E-state index in [1.165, 1.54) is 11.8 Å². The van der Waals surface area contributed by atoms with Crippen molar-refractivity contribution in [3.63, 3.8) is 0 Å². The molecule has 1 aromatic heterocycles. The Bertz CT molecular complexity index is 820. The van der Waals surface area contributed by atoms with Crippen molar-refractivity contribution in [2.24, 2.45) is 5.92 Å². The minimum Gasteiger partial charge on any atom is -0.411 e. The van der Waals surface area contributed by atoms with Crippen LogP contribution >= 0.6 is 11.8 Å². The second-order valence-electron chi connectivity index (χ2n) is 6.97. The summed E-state index contributed by atoms with van der Waals surface area (Å²) in [5.41, 5.74) is 2.18. The molecule has 138 valence electrons. The highest BCUT2D eigenvalue weighted by Gasteiger charge is 2.32. The minimum absolute atomic E-state index is 0.00628. The highest BCUT2D eigenvalue weighted by Crippen LogP contribution is 2.28. The van der Waals surface area contributed by atoms with Crippen molar-refractivity contribution in [1.82, 2.24) is 15.5 Å². The molecule has 0 spiro atoms. The van der Waals surface area contributed by atoms with Gasteiger partial charge >= 0.3 is 0 Å². The molecule has 1 heterocycles. The van der Waals surface area contributed by atoms with Crippen molar-refractivity contribution < 1.29 is 9.21 Å². The molecule has 7 heteroatoms. The summed E-state index contributed by atoms with van der Waals surface area (Å²) in [7, 11) is 0. The summed E-state index contributed by atoms with van der Waals surface area (Å²) < 4.78 is 5.70. The van der Waals surface area contributed by atoms with Crippen LogP contribution in [0.15, 0.2) is 27.8 Å². The molecular weight excluding hydrogens is 348 g/mol. The lowest BCUT2D eigenvalue weighted by molar-refractivity contribution is -0.121. The predicted molar refractivity (Wildman–Crippen MR) is 102 cm³/mol. The molecule has 1 aromatic carbocycles. The molecule has 0 saturated heterocycles. The molecular formula is C19H24N4O2S. The molecule has 1 N–H and O–H groups in total. The lowest BCUT2D eigenvalue weighted by atomic mass is 9.90. The van der Waals surface area contributed by atoms with E-state index in [-0.39, 0.29) is 11.8 Å². The van der Waals surface area contributed by atoms with Crippen LogP contribution < -0.4 is 5.32 Å². The highest BCUT2D eigenvalue weighted by atomic mass is 32.2. The lowest BCUT2D eigenvalue weighted by Crippen LogP contribution is -2.51. The fourth-order valence-corrected chi connectivity index (χ4v) is 3.02. The third-order valence-electron chi connectivity index (χ3n) is 4.29. The number of carbonyl (C=O) groups excluding carboxylic acids is 1. The topological polar surface area (TPSA) is 91.8 Å². The number of nitriles is 1. The summed E-state index contributed by atoms with van der Waals surface area (Å²) in [4.78, 5) is 12.4. The molecule has 0 aliphatic heterocycles. The summed E-state index contributed by atoms with van der Waals surface area (Å²) >= 11 is 1.18. The number of amides is 1. The van der Waals surface area contributed by atoms with Gasteiger partial charge in [0, 0.05) is 5.56 Å². The summed E-state index contributed by atoms with van der Waals surface area (Å²) in [6, 6.07) is 8.20. The van der Waals surface area contributed by atoms with E-state index in [4.69, 9.17) is 4.42 Å². The maximum Gasteiger partial charge on any atom is 0.277 e. The van der Waals surface area contributed by atoms with Gasteiger partial charge in [-0.2, -0.15) is 5.26 Å². The molecule has 0 unspecified atom stereocenters. The fourth-order valence-electron chi connectivity index (χ4n) is 2.34. The Morgan fingerprint density at radius 3 is 2.38 bits per heavy atom. The predicted octanol–water partition coefficient (Wildman–Crippen LogP) is 3.89. The van der Waals surface area contributed by atoms with Crippen molar-refractivity contribution >= 4 is 17.7 Å². The first-order chi connectivity index (χ1) is 12.1. The molecule has 6 nitrogen and oxygen atoms in total. The molecule has 1 amide bonds. The zero-order valence-electron chi connectivity index (χ0n) is 16.0. The van der Waals surface area contributed by atoms with Gasteiger partial charge in [0.25, 0.3) is 5.22 Å². The molecule has 0 aliphatic carbocycles. The van der Waals surface area contributed by atoms with Crippen molar-refractivity contribution in [1.29, 1.82) is 5.26 Å². The third-order valence-corrected chi connectivity index (χ3v) is 5.23. The lowest BCUT2D eigenvalue weighted by Gasteiger charge is -2.28. The largest absolute Gasteiger partial charge is 0.411 e. The van der Waals surface area contributed by atoms with E-state index in [9.17, 15) is 10.1 Å². The van der Waals surface area contributed by atoms with Gasteiger partial charge in [0.1, 0.15) is 5.54 Å². The SMILES string of the molecule is Cc1cc(C)cc(-c2nnc(S[C@@H](C)C(=O)N[C@@](C)(C#N)C(C)C)o2)c1. The van der Waals surface area contributed by atoms with E-state index in [2.05, 4.69) is 27.6 Å². The molecule has 0 radical (unpaired) electrons. The number of nitrogens with one attached hydrogen (secondary N) is 1. The summed E-state index contributed by atoms with van der Waals surface area (Å²) in [6.45, 7) is 11.3. The zero-order chi connectivity index (χ0) is 19.5. The van der Waals surface area contributed by atoms with Crippen molar-refractivity contribution in [2.75, 3.05) is 0 Å². The first-order valence-electron chi connectivity index (χ1n) is 8.46. The average Bonchev–Trinajstić information content (AvgIpc) is 3.02. The fraction of sp³-hybridized carbons (Fsp3) is 0.474. The van der Waals surface area contributed by atoms with Crippen molar-refractivity contribution in [3.05, 3.63) is 29.3 Å². The number of hydrogen-bond acceptors (Lipinski definition) is 6. The van der Waals surface area contributed by atoms with Gasteiger partial charge in [-0.1, -0.05) is 42.8 Å². The maximum atomic E-state index is 12.4. The van der Waals surface area contributed by atoms with Crippen molar-refractivity contribution in [3.8, 4) is 17.5 Å². The number of nitrogens with zero attached hydrogens (tertiary/aromatic N) is 3. The van der Waals surface area contributed by atoms with Gasteiger partial charge in [0.05, 0.1) is 11.3 Å². The van der Waals surface area contributed by atoms with E-state index < -0.39 is 10.8 Å². The standard InChI is InChI=1S/C19H24N4O2S/c1-11(2)19(6,10-20)21-16(24)14(5)26-18-23-22-17(25-18)15-8-12(3)7-13(4)9-15/h7-9,11,14H,1-6H3,(H,21,24)/t14-,19-/m0/s1. The van der Waals surface area contributed by atoms with Gasteiger partial charge in [-0.25, -0.2) is 0 Å². The molecule has 0 aliphatic rings. The Kier molecular flexibility index (Phi) is 6.09. The molecule has 2 rings (SSSR count). The van der Waals surface area contributed by atoms with Gasteiger partial charge in [-0.05, 0) is 45.7 Å². The monoisotopic (exact) mass is 372 g/mol. The van der Waals surface area contributed by atoms with Crippen LogP contribution in [-0.2, 0) is 4.79 Å². The van der Waals surface area contributed by atoms with Crippen LogP contribution in [0.25, 0.3) is 11.5 Å². The Morgan fingerprint density at radius 2 is 1.85 bits per heavy atom. The first kappa shape index (κ1) is 20.0. The van der Waals surface area contributed by atoms with Crippen LogP contribution in [0.5, 0.6) is 0 Å². The maximum absolute atomic E-state index is 12.4. The first-order valence-corrected chi connectivity index (χ1v) is 9.34. The minimum atomic E-state index is -0.912. The van der Waals surface area contributed by atoms with E-state index in [0.29, 0.717) is 11.1 Å².